The van der Waals surface area contributed by atoms with Crippen LogP contribution in [0.1, 0.15) is 431 Å². The van der Waals surface area contributed by atoms with E-state index in [0.29, 0.717) is 19.4 Å². The Morgan fingerprint density at radius 2 is 0.575 bits per heavy atom. The second kappa shape index (κ2) is 76.3. The molecule has 6 heteroatoms. The summed E-state index contributed by atoms with van der Waals surface area (Å²) in [4.78, 5) is 24.6. The number of aliphatic hydroxyl groups is 2. The molecule has 0 saturated carbocycles. The fraction of sp³-hybridized carbons (Fsp3) is 0.877. The van der Waals surface area contributed by atoms with E-state index in [0.717, 1.165) is 51.4 Å². The average Bonchev–Trinajstić information content (AvgIpc) is 3.52. The lowest BCUT2D eigenvalue weighted by Crippen LogP contribution is -2.45. The quantitative estimate of drug-likeness (QED) is 0.0320. The second-order valence-corrected chi connectivity index (χ2v) is 27.0. The van der Waals surface area contributed by atoms with Crippen molar-refractivity contribution in [3.63, 3.8) is 0 Å². The molecule has 0 aliphatic heterocycles. The van der Waals surface area contributed by atoms with Gasteiger partial charge in [-0.25, -0.2) is 0 Å². The van der Waals surface area contributed by atoms with E-state index in [-0.39, 0.29) is 18.5 Å². The Labute approximate surface area is 544 Å². The van der Waals surface area contributed by atoms with E-state index in [9.17, 15) is 19.8 Å². The van der Waals surface area contributed by atoms with E-state index in [1.165, 1.54) is 353 Å². The Bertz CT molecular complexity index is 1450. The summed E-state index contributed by atoms with van der Waals surface area (Å²) in [6.07, 6.45) is 101. The molecule has 3 N–H and O–H groups in total. The molecule has 0 bridgehead atoms. The lowest BCUT2D eigenvalue weighted by molar-refractivity contribution is -0.143. The molecule has 512 valence electrons. The number of aliphatic hydroxyl groups excluding tert-OH is 2. The summed E-state index contributed by atoms with van der Waals surface area (Å²) in [5.74, 6) is -0.0573. The summed E-state index contributed by atoms with van der Waals surface area (Å²) < 4.78 is 5.49. The standard InChI is InChI=1S/C81H153NO5/c1-3-5-7-9-11-13-15-17-19-21-22-23-33-36-39-42-45-49-53-57-61-65-69-73-79(84)78(77-83)82-80(85)74-70-66-62-58-54-50-46-43-40-37-34-31-29-27-25-24-26-28-30-32-35-38-41-44-48-52-56-60-64-68-72-76-87-81(86)75-71-67-63-59-55-51-47-20-18-16-14-12-10-8-6-4-2/h14,16,20,26,28,47,69,73,78-79,83-84H,3-13,15,17-19,21-25,27,29-46,48-68,70-72,74-77H2,1-2H3,(H,82,85)/b16-14-,28-26-,47-20-,73-69+. The van der Waals surface area contributed by atoms with Gasteiger partial charge in [-0.3, -0.25) is 9.59 Å². The maximum absolute atomic E-state index is 12.5. The van der Waals surface area contributed by atoms with Crippen molar-refractivity contribution in [3.05, 3.63) is 48.6 Å². The summed E-state index contributed by atoms with van der Waals surface area (Å²) in [5, 5.41) is 23.3. The number of unbranched alkanes of at least 4 members (excludes halogenated alkanes) is 57. The predicted molar refractivity (Wildman–Crippen MR) is 384 cm³/mol. The highest BCUT2D eigenvalue weighted by molar-refractivity contribution is 5.76. The fourth-order valence-electron chi connectivity index (χ4n) is 12.3. The maximum atomic E-state index is 12.5. The van der Waals surface area contributed by atoms with Gasteiger partial charge in [0.15, 0.2) is 0 Å². The average molecular weight is 1220 g/mol. The van der Waals surface area contributed by atoms with E-state index in [2.05, 4.69) is 55.6 Å². The number of hydrogen-bond donors (Lipinski definition) is 3. The van der Waals surface area contributed by atoms with Gasteiger partial charge in [-0.15, -0.1) is 0 Å². The van der Waals surface area contributed by atoms with Crippen LogP contribution < -0.4 is 5.32 Å². The van der Waals surface area contributed by atoms with Crippen LogP contribution in [0, 0.1) is 0 Å². The SMILES string of the molecule is CCCCCC/C=C\C/C=C\CCCCCCCC(=O)OCCCCCCCCCCCCCC/C=C\CCCCCCCCCCCCCCCCCC(=O)NC(CO)C(O)/C=C/CCCCCCCCCCCCCCCCCCCCCCC. The first-order chi connectivity index (χ1) is 43.0. The number of ether oxygens (including phenoxy) is 1. The molecule has 0 saturated heterocycles. The van der Waals surface area contributed by atoms with Crippen LogP contribution in [-0.2, 0) is 14.3 Å². The first kappa shape index (κ1) is 84.8. The molecule has 0 spiro atoms. The van der Waals surface area contributed by atoms with Crippen LogP contribution in [0.15, 0.2) is 48.6 Å². The van der Waals surface area contributed by atoms with Gasteiger partial charge in [-0.2, -0.15) is 0 Å². The zero-order valence-electron chi connectivity index (χ0n) is 58.8. The molecular weight excluding hydrogens is 1070 g/mol. The van der Waals surface area contributed by atoms with Crippen LogP contribution in [-0.4, -0.2) is 47.4 Å². The van der Waals surface area contributed by atoms with Gasteiger partial charge >= 0.3 is 5.97 Å². The monoisotopic (exact) mass is 1220 g/mol. The summed E-state index contributed by atoms with van der Waals surface area (Å²) in [6, 6.07) is -0.628. The van der Waals surface area contributed by atoms with Crippen molar-refractivity contribution in [1.82, 2.24) is 5.32 Å². The number of allylic oxidation sites excluding steroid dienone is 7. The van der Waals surface area contributed by atoms with Crippen LogP contribution >= 0.6 is 0 Å². The van der Waals surface area contributed by atoms with Crippen molar-refractivity contribution >= 4 is 11.9 Å². The second-order valence-electron chi connectivity index (χ2n) is 27.0. The van der Waals surface area contributed by atoms with Gasteiger partial charge in [-0.05, 0) is 89.9 Å². The molecule has 1 amide bonds. The molecule has 0 heterocycles. The minimum Gasteiger partial charge on any atom is -0.466 e. The van der Waals surface area contributed by atoms with Crippen LogP contribution in [0.2, 0.25) is 0 Å². The minimum absolute atomic E-state index is 0.00435. The molecule has 87 heavy (non-hydrogen) atoms. The third kappa shape index (κ3) is 72.8. The highest BCUT2D eigenvalue weighted by atomic mass is 16.5. The lowest BCUT2D eigenvalue weighted by atomic mass is 10.0. The third-order valence-corrected chi connectivity index (χ3v) is 18.3. The molecule has 0 fully saturated rings. The largest absolute Gasteiger partial charge is 0.466 e. The first-order valence-electron chi connectivity index (χ1n) is 39.4. The molecule has 0 aromatic heterocycles. The zero-order valence-corrected chi connectivity index (χ0v) is 58.8. The molecule has 0 rings (SSSR count). The van der Waals surface area contributed by atoms with Crippen LogP contribution in [0.5, 0.6) is 0 Å². The lowest BCUT2D eigenvalue weighted by Gasteiger charge is -2.20. The molecule has 0 aromatic carbocycles. The molecule has 0 aliphatic carbocycles. The summed E-state index contributed by atoms with van der Waals surface area (Å²) in [5.41, 5.74) is 0. The van der Waals surface area contributed by atoms with Gasteiger partial charge in [0.2, 0.25) is 5.91 Å². The highest BCUT2D eigenvalue weighted by Gasteiger charge is 2.18. The van der Waals surface area contributed by atoms with Crippen molar-refractivity contribution in [2.45, 2.75) is 443 Å². The van der Waals surface area contributed by atoms with Crippen LogP contribution in [0.3, 0.4) is 0 Å². The smallest absolute Gasteiger partial charge is 0.305 e. The predicted octanol–water partition coefficient (Wildman–Crippen LogP) is 26.0. The van der Waals surface area contributed by atoms with Crippen molar-refractivity contribution in [2.75, 3.05) is 13.2 Å². The molecule has 0 aromatic rings. The molecule has 0 aliphatic rings. The number of hydrogen-bond acceptors (Lipinski definition) is 5. The Hall–Kier alpha value is -2.18. The van der Waals surface area contributed by atoms with Crippen molar-refractivity contribution in [2.24, 2.45) is 0 Å². The van der Waals surface area contributed by atoms with Gasteiger partial charge < -0.3 is 20.3 Å². The Morgan fingerprint density at radius 1 is 0.322 bits per heavy atom. The highest BCUT2D eigenvalue weighted by Crippen LogP contribution is 2.19. The van der Waals surface area contributed by atoms with E-state index in [1.807, 2.05) is 6.08 Å². The topological polar surface area (TPSA) is 95.9 Å². The van der Waals surface area contributed by atoms with Gasteiger partial charge in [0.05, 0.1) is 25.4 Å². The van der Waals surface area contributed by atoms with Crippen molar-refractivity contribution < 1.29 is 24.5 Å². The number of nitrogens with one attached hydrogen (secondary N) is 1. The van der Waals surface area contributed by atoms with E-state index in [4.69, 9.17) is 4.74 Å². The number of carbonyl (C=O) groups excluding carboxylic acids is 2. The molecule has 6 nitrogen and oxygen atoms in total. The van der Waals surface area contributed by atoms with E-state index < -0.39 is 12.1 Å². The minimum atomic E-state index is -0.845. The normalized spacial score (nSPS) is 12.7. The Kier molecular flexibility index (Phi) is 74.4. The number of esters is 1. The van der Waals surface area contributed by atoms with Crippen molar-refractivity contribution in [3.8, 4) is 0 Å². The molecular formula is C81H153NO5. The van der Waals surface area contributed by atoms with Crippen LogP contribution in [0.4, 0.5) is 0 Å². The van der Waals surface area contributed by atoms with E-state index >= 15 is 0 Å². The number of rotatable bonds is 74. The number of carbonyl (C=O) groups is 2. The van der Waals surface area contributed by atoms with Gasteiger partial charge in [0.25, 0.3) is 0 Å². The number of amides is 1. The van der Waals surface area contributed by atoms with Crippen LogP contribution in [0.25, 0.3) is 0 Å². The summed E-state index contributed by atoms with van der Waals surface area (Å²) in [6.45, 7) is 4.92. The fourth-order valence-corrected chi connectivity index (χ4v) is 12.3. The van der Waals surface area contributed by atoms with Gasteiger partial charge in [-0.1, -0.05) is 377 Å². The Balaban J connectivity index is 3.39. The van der Waals surface area contributed by atoms with Gasteiger partial charge in [0, 0.05) is 12.8 Å². The third-order valence-electron chi connectivity index (χ3n) is 18.3. The molecule has 2 atom stereocenters. The van der Waals surface area contributed by atoms with Crippen molar-refractivity contribution in [1.29, 1.82) is 0 Å². The van der Waals surface area contributed by atoms with Gasteiger partial charge in [0.1, 0.15) is 0 Å². The molecule has 2 unspecified atom stereocenters. The summed E-state index contributed by atoms with van der Waals surface area (Å²) in [7, 11) is 0. The first-order valence-corrected chi connectivity index (χ1v) is 39.4. The zero-order chi connectivity index (χ0) is 62.8. The Morgan fingerprint density at radius 3 is 0.897 bits per heavy atom. The maximum Gasteiger partial charge on any atom is 0.305 e. The molecule has 0 radical (unpaired) electrons. The van der Waals surface area contributed by atoms with E-state index in [1.54, 1.807) is 6.08 Å². The summed E-state index contributed by atoms with van der Waals surface area (Å²) >= 11 is 0.